The highest BCUT2D eigenvalue weighted by atomic mass is 35.5. The smallest absolute Gasteiger partial charge is 0.387 e. The van der Waals surface area contributed by atoms with Crippen molar-refractivity contribution in [2.75, 3.05) is 0 Å². The summed E-state index contributed by atoms with van der Waals surface area (Å²) in [6.07, 6.45) is 1.97. The second kappa shape index (κ2) is 5.84. The van der Waals surface area contributed by atoms with Crippen LogP contribution in [0.5, 0.6) is 5.75 Å². The molecule has 92 valence electrons. The van der Waals surface area contributed by atoms with Crippen molar-refractivity contribution in [3.05, 3.63) is 33.8 Å². The summed E-state index contributed by atoms with van der Waals surface area (Å²) >= 11 is 11.4. The van der Waals surface area contributed by atoms with E-state index in [1.165, 1.54) is 6.07 Å². The van der Waals surface area contributed by atoms with Crippen LogP contribution in [-0.4, -0.2) is 17.7 Å². The maximum absolute atomic E-state index is 12.0. The summed E-state index contributed by atoms with van der Waals surface area (Å²) in [4.78, 5) is 10.3. The van der Waals surface area contributed by atoms with Gasteiger partial charge in [-0.25, -0.2) is 4.79 Å². The van der Waals surface area contributed by atoms with Gasteiger partial charge in [-0.3, -0.25) is 0 Å². The summed E-state index contributed by atoms with van der Waals surface area (Å²) in [5.74, 6) is -1.46. The SMILES string of the molecule is O=C(O)/C=C/c1cc(OC(F)F)c(Cl)cc1Cl. The second-order valence-electron chi connectivity index (χ2n) is 2.85. The molecule has 0 saturated carbocycles. The van der Waals surface area contributed by atoms with Gasteiger partial charge in [0.1, 0.15) is 5.75 Å². The van der Waals surface area contributed by atoms with Crippen LogP contribution in [0.1, 0.15) is 5.56 Å². The minimum absolute atomic E-state index is 0.0808. The zero-order valence-electron chi connectivity index (χ0n) is 8.16. The van der Waals surface area contributed by atoms with E-state index >= 15 is 0 Å². The molecule has 0 aliphatic heterocycles. The van der Waals surface area contributed by atoms with Crippen molar-refractivity contribution in [3.63, 3.8) is 0 Å². The third-order valence-corrected chi connectivity index (χ3v) is 2.30. The molecule has 0 bridgehead atoms. The number of aliphatic carboxylic acids is 1. The van der Waals surface area contributed by atoms with Gasteiger partial charge >= 0.3 is 12.6 Å². The average Bonchev–Trinajstić information content (AvgIpc) is 2.19. The fourth-order valence-electron chi connectivity index (χ4n) is 1.02. The van der Waals surface area contributed by atoms with Gasteiger partial charge in [0.05, 0.1) is 5.02 Å². The third-order valence-electron chi connectivity index (χ3n) is 1.67. The van der Waals surface area contributed by atoms with Gasteiger partial charge in [-0.2, -0.15) is 8.78 Å². The van der Waals surface area contributed by atoms with E-state index in [0.29, 0.717) is 0 Å². The lowest BCUT2D eigenvalue weighted by Gasteiger charge is -2.08. The van der Waals surface area contributed by atoms with E-state index in [0.717, 1.165) is 18.2 Å². The van der Waals surface area contributed by atoms with Gasteiger partial charge in [0.2, 0.25) is 0 Å². The molecule has 0 fully saturated rings. The fourth-order valence-corrected chi connectivity index (χ4v) is 1.51. The van der Waals surface area contributed by atoms with Gasteiger partial charge in [0.25, 0.3) is 0 Å². The molecule has 1 aromatic carbocycles. The highest BCUT2D eigenvalue weighted by Crippen LogP contribution is 2.32. The van der Waals surface area contributed by atoms with E-state index in [2.05, 4.69) is 4.74 Å². The monoisotopic (exact) mass is 282 g/mol. The van der Waals surface area contributed by atoms with Gasteiger partial charge in [0, 0.05) is 11.1 Å². The van der Waals surface area contributed by atoms with Crippen molar-refractivity contribution in [2.45, 2.75) is 6.61 Å². The molecular weight excluding hydrogens is 277 g/mol. The van der Waals surface area contributed by atoms with Crippen LogP contribution in [0.4, 0.5) is 8.78 Å². The van der Waals surface area contributed by atoms with Crippen molar-refractivity contribution >= 4 is 35.2 Å². The number of halogens is 4. The van der Waals surface area contributed by atoms with Crippen LogP contribution < -0.4 is 4.74 Å². The minimum atomic E-state index is -3.02. The number of alkyl halides is 2. The number of hydrogen-bond acceptors (Lipinski definition) is 2. The van der Waals surface area contributed by atoms with Crippen molar-refractivity contribution in [1.82, 2.24) is 0 Å². The first-order chi connectivity index (χ1) is 7.90. The van der Waals surface area contributed by atoms with Gasteiger partial charge in [-0.05, 0) is 23.8 Å². The lowest BCUT2D eigenvalue weighted by atomic mass is 10.2. The summed E-state index contributed by atoms with van der Waals surface area (Å²) in [7, 11) is 0. The molecule has 1 N–H and O–H groups in total. The maximum atomic E-state index is 12.0. The maximum Gasteiger partial charge on any atom is 0.387 e. The zero-order valence-corrected chi connectivity index (χ0v) is 9.67. The van der Waals surface area contributed by atoms with Gasteiger partial charge in [0.15, 0.2) is 0 Å². The summed E-state index contributed by atoms with van der Waals surface area (Å²) in [6.45, 7) is -3.02. The Morgan fingerprint density at radius 3 is 2.53 bits per heavy atom. The molecule has 7 heteroatoms. The Hall–Kier alpha value is -1.33. The quantitative estimate of drug-likeness (QED) is 0.857. The third kappa shape index (κ3) is 4.20. The van der Waals surface area contributed by atoms with Gasteiger partial charge < -0.3 is 9.84 Å². The Bertz CT molecular complexity index is 461. The lowest BCUT2D eigenvalue weighted by molar-refractivity contribution is -0.131. The number of carboxylic acid groups (broad SMARTS) is 1. The first-order valence-electron chi connectivity index (χ1n) is 4.25. The van der Waals surface area contributed by atoms with E-state index in [1.807, 2.05) is 0 Å². The number of ether oxygens (including phenoxy) is 1. The molecule has 0 heterocycles. The summed E-state index contributed by atoms with van der Waals surface area (Å²) < 4.78 is 28.2. The molecule has 1 aromatic rings. The van der Waals surface area contributed by atoms with E-state index in [4.69, 9.17) is 28.3 Å². The molecule has 0 atom stereocenters. The molecule has 0 saturated heterocycles. The standard InChI is InChI=1S/C10H6Cl2F2O3/c11-6-4-7(12)8(17-10(13)14)3-5(6)1-2-9(15)16/h1-4,10H,(H,15,16)/b2-1+. The van der Waals surface area contributed by atoms with Crippen molar-refractivity contribution in [2.24, 2.45) is 0 Å². The molecular formula is C10H6Cl2F2O3. The Kier molecular flexibility index (Phi) is 4.72. The highest BCUT2D eigenvalue weighted by molar-refractivity contribution is 6.36. The number of carboxylic acids is 1. The molecule has 0 aliphatic carbocycles. The molecule has 0 unspecified atom stereocenters. The number of carbonyl (C=O) groups is 1. The van der Waals surface area contributed by atoms with Crippen LogP contribution in [-0.2, 0) is 4.79 Å². The van der Waals surface area contributed by atoms with E-state index in [1.54, 1.807) is 0 Å². The molecule has 0 spiro atoms. The molecule has 1 rings (SSSR count). The summed E-state index contributed by atoms with van der Waals surface area (Å²) in [5.41, 5.74) is 0.217. The average molecular weight is 283 g/mol. The molecule has 3 nitrogen and oxygen atoms in total. The second-order valence-corrected chi connectivity index (χ2v) is 3.67. The van der Waals surface area contributed by atoms with Gasteiger partial charge in [-0.1, -0.05) is 23.2 Å². The van der Waals surface area contributed by atoms with Crippen LogP contribution in [0, 0.1) is 0 Å². The predicted octanol–water partition coefficient (Wildman–Crippen LogP) is 3.69. The Morgan fingerprint density at radius 2 is 2.00 bits per heavy atom. The number of hydrogen-bond donors (Lipinski definition) is 1. The van der Waals surface area contributed by atoms with Crippen molar-refractivity contribution in [1.29, 1.82) is 0 Å². The van der Waals surface area contributed by atoms with Crippen LogP contribution in [0.15, 0.2) is 18.2 Å². The van der Waals surface area contributed by atoms with Gasteiger partial charge in [-0.15, -0.1) is 0 Å². The molecule has 0 aliphatic rings. The lowest BCUT2D eigenvalue weighted by Crippen LogP contribution is -2.02. The summed E-state index contributed by atoms with van der Waals surface area (Å²) in [6, 6.07) is 2.33. The Balaban J connectivity index is 3.09. The molecule has 0 radical (unpaired) electrons. The van der Waals surface area contributed by atoms with E-state index < -0.39 is 12.6 Å². The molecule has 0 aromatic heterocycles. The molecule has 17 heavy (non-hydrogen) atoms. The number of rotatable bonds is 4. The van der Waals surface area contributed by atoms with Crippen molar-refractivity contribution in [3.8, 4) is 5.75 Å². The zero-order chi connectivity index (χ0) is 13.0. The highest BCUT2D eigenvalue weighted by Gasteiger charge is 2.11. The largest absolute Gasteiger partial charge is 0.478 e. The first-order valence-corrected chi connectivity index (χ1v) is 5.00. The number of benzene rings is 1. The fraction of sp³-hybridized carbons (Fsp3) is 0.100. The minimum Gasteiger partial charge on any atom is -0.478 e. The van der Waals surface area contributed by atoms with Crippen LogP contribution in [0.3, 0.4) is 0 Å². The topological polar surface area (TPSA) is 46.5 Å². The van der Waals surface area contributed by atoms with E-state index in [-0.39, 0.29) is 21.4 Å². The Labute approximate surface area is 105 Å². The van der Waals surface area contributed by atoms with Crippen LogP contribution >= 0.6 is 23.2 Å². The summed E-state index contributed by atoms with van der Waals surface area (Å²) in [5, 5.41) is 8.48. The molecule has 0 amide bonds. The first kappa shape index (κ1) is 13.7. The van der Waals surface area contributed by atoms with Crippen LogP contribution in [0.2, 0.25) is 10.0 Å². The predicted molar refractivity (Wildman–Crippen MR) is 59.8 cm³/mol. The van der Waals surface area contributed by atoms with Crippen molar-refractivity contribution < 1.29 is 23.4 Å². The normalized spacial score (nSPS) is 11.1. The van der Waals surface area contributed by atoms with Crippen LogP contribution in [0.25, 0.3) is 6.08 Å². The van der Waals surface area contributed by atoms with E-state index in [9.17, 15) is 13.6 Å². The Morgan fingerprint density at radius 1 is 1.35 bits per heavy atom.